The van der Waals surface area contributed by atoms with E-state index in [1.54, 1.807) is 0 Å². The molecule has 0 unspecified atom stereocenters. The van der Waals surface area contributed by atoms with Gasteiger partial charge in [-0.15, -0.1) is 0 Å². The van der Waals surface area contributed by atoms with Crippen LogP contribution in [0.4, 0.5) is 0 Å². The van der Waals surface area contributed by atoms with E-state index in [9.17, 15) is 0 Å². The Labute approximate surface area is 63.4 Å². The van der Waals surface area contributed by atoms with Crippen LogP contribution in [0.1, 0.15) is 33.1 Å². The lowest BCUT2D eigenvalue weighted by molar-refractivity contribution is 0.331. The van der Waals surface area contributed by atoms with Crippen LogP contribution < -0.4 is 0 Å². The third-order valence-corrected chi connectivity index (χ3v) is 1.16. The minimum absolute atomic E-state index is 1.01. The van der Waals surface area contributed by atoms with E-state index in [2.05, 4.69) is 26.5 Å². The number of allylic oxidation sites excluding steroid dienone is 2. The second kappa shape index (κ2) is 6.40. The van der Waals surface area contributed by atoms with Gasteiger partial charge in [-0.2, -0.15) is 0 Å². The molecular weight excluding hydrogens is 124 g/mol. The minimum Gasteiger partial charge on any atom is -0.470 e. The van der Waals surface area contributed by atoms with Crippen molar-refractivity contribution >= 4 is 0 Å². The standard InChI is InChI=1S/C9H16O/c1-4-7-9(8-5-2)10-6-3/h6-7H,3-5,8H2,1-2H3. The van der Waals surface area contributed by atoms with E-state index in [0.29, 0.717) is 0 Å². The highest BCUT2D eigenvalue weighted by atomic mass is 16.5. The lowest BCUT2D eigenvalue weighted by Crippen LogP contribution is -1.83. The summed E-state index contributed by atoms with van der Waals surface area (Å²) in [6.45, 7) is 7.74. The highest BCUT2D eigenvalue weighted by molar-refractivity contribution is 4.93. The molecule has 0 aliphatic rings. The molecule has 0 saturated heterocycles. The number of hydrogen-bond acceptors (Lipinski definition) is 1. The fraction of sp³-hybridized carbons (Fsp3) is 0.556. The third-order valence-electron chi connectivity index (χ3n) is 1.16. The van der Waals surface area contributed by atoms with Crippen LogP contribution in [0.5, 0.6) is 0 Å². The maximum Gasteiger partial charge on any atom is 0.0991 e. The van der Waals surface area contributed by atoms with Crippen molar-refractivity contribution in [3.05, 3.63) is 24.7 Å². The Morgan fingerprint density at radius 2 is 2.20 bits per heavy atom. The van der Waals surface area contributed by atoms with Crippen molar-refractivity contribution in [2.24, 2.45) is 0 Å². The Morgan fingerprint density at radius 1 is 1.50 bits per heavy atom. The van der Waals surface area contributed by atoms with Crippen LogP contribution in [-0.2, 0) is 4.74 Å². The minimum atomic E-state index is 1.01. The van der Waals surface area contributed by atoms with Gasteiger partial charge >= 0.3 is 0 Å². The van der Waals surface area contributed by atoms with Gasteiger partial charge in [0, 0.05) is 6.42 Å². The molecule has 0 fully saturated rings. The van der Waals surface area contributed by atoms with E-state index >= 15 is 0 Å². The van der Waals surface area contributed by atoms with Crippen molar-refractivity contribution in [2.75, 3.05) is 0 Å². The molecule has 0 N–H and O–H groups in total. The van der Waals surface area contributed by atoms with Gasteiger partial charge < -0.3 is 4.74 Å². The summed E-state index contributed by atoms with van der Waals surface area (Å²) in [6.07, 6.45) is 6.74. The van der Waals surface area contributed by atoms with E-state index < -0.39 is 0 Å². The second-order valence-electron chi connectivity index (χ2n) is 2.11. The van der Waals surface area contributed by atoms with Gasteiger partial charge in [-0.1, -0.05) is 20.4 Å². The maximum absolute atomic E-state index is 5.15. The molecule has 58 valence electrons. The fourth-order valence-corrected chi connectivity index (χ4v) is 0.790. The first kappa shape index (κ1) is 9.28. The molecule has 0 aromatic heterocycles. The van der Waals surface area contributed by atoms with Crippen molar-refractivity contribution in [2.45, 2.75) is 33.1 Å². The monoisotopic (exact) mass is 140 g/mol. The molecule has 1 nitrogen and oxygen atoms in total. The summed E-state index contributed by atoms with van der Waals surface area (Å²) in [5.41, 5.74) is 0. The van der Waals surface area contributed by atoms with Crippen LogP contribution in [-0.4, -0.2) is 0 Å². The summed E-state index contributed by atoms with van der Waals surface area (Å²) < 4.78 is 5.15. The summed E-state index contributed by atoms with van der Waals surface area (Å²) in [6, 6.07) is 0. The van der Waals surface area contributed by atoms with Gasteiger partial charge in [-0.05, 0) is 18.9 Å². The Bertz CT molecular complexity index is 114. The first-order chi connectivity index (χ1) is 4.85. The van der Waals surface area contributed by atoms with Crippen LogP contribution in [0.3, 0.4) is 0 Å². The van der Waals surface area contributed by atoms with E-state index in [4.69, 9.17) is 4.74 Å². The predicted octanol–water partition coefficient (Wildman–Crippen LogP) is 3.24. The first-order valence-electron chi connectivity index (χ1n) is 3.81. The van der Waals surface area contributed by atoms with E-state index in [-0.39, 0.29) is 0 Å². The van der Waals surface area contributed by atoms with E-state index in [1.165, 1.54) is 6.26 Å². The summed E-state index contributed by atoms with van der Waals surface area (Å²) in [7, 11) is 0. The number of rotatable bonds is 5. The van der Waals surface area contributed by atoms with Gasteiger partial charge in [0.15, 0.2) is 0 Å². The molecule has 0 atom stereocenters. The first-order valence-corrected chi connectivity index (χ1v) is 3.81. The van der Waals surface area contributed by atoms with Gasteiger partial charge in [0.1, 0.15) is 0 Å². The lowest BCUT2D eigenvalue weighted by Gasteiger charge is -2.02. The van der Waals surface area contributed by atoms with Crippen molar-refractivity contribution in [1.29, 1.82) is 0 Å². The van der Waals surface area contributed by atoms with E-state index in [1.807, 2.05) is 0 Å². The number of hydrogen-bond donors (Lipinski definition) is 0. The molecule has 0 aliphatic carbocycles. The average Bonchev–Trinajstić information content (AvgIpc) is 1.90. The molecule has 1 heteroatoms. The van der Waals surface area contributed by atoms with Crippen LogP contribution in [0.15, 0.2) is 24.7 Å². The molecule has 10 heavy (non-hydrogen) atoms. The topological polar surface area (TPSA) is 9.23 Å². The number of ether oxygens (including phenoxy) is 1. The lowest BCUT2D eigenvalue weighted by atomic mass is 10.2. The summed E-state index contributed by atoms with van der Waals surface area (Å²) in [4.78, 5) is 0. The molecule has 0 heterocycles. The summed E-state index contributed by atoms with van der Waals surface area (Å²) >= 11 is 0. The van der Waals surface area contributed by atoms with Crippen molar-refractivity contribution in [3.8, 4) is 0 Å². The highest BCUT2D eigenvalue weighted by Gasteiger charge is 1.91. The van der Waals surface area contributed by atoms with Crippen LogP contribution in [0.2, 0.25) is 0 Å². The molecule has 0 aromatic carbocycles. The molecule has 0 bridgehead atoms. The molecule has 0 amide bonds. The zero-order chi connectivity index (χ0) is 7.82. The largest absolute Gasteiger partial charge is 0.470 e. The summed E-state index contributed by atoms with van der Waals surface area (Å²) in [5.74, 6) is 1.04. The molecular formula is C9H16O. The Kier molecular flexibility index (Phi) is 5.94. The zero-order valence-electron chi connectivity index (χ0n) is 6.89. The van der Waals surface area contributed by atoms with Crippen molar-refractivity contribution in [3.63, 3.8) is 0 Å². The molecule has 0 rings (SSSR count). The summed E-state index contributed by atoms with van der Waals surface area (Å²) in [5, 5.41) is 0. The molecule has 0 spiro atoms. The van der Waals surface area contributed by atoms with Gasteiger partial charge in [-0.3, -0.25) is 0 Å². The third kappa shape index (κ3) is 4.19. The van der Waals surface area contributed by atoms with Gasteiger partial charge in [-0.25, -0.2) is 0 Å². The van der Waals surface area contributed by atoms with Crippen molar-refractivity contribution < 1.29 is 4.74 Å². The molecule has 0 radical (unpaired) electrons. The maximum atomic E-state index is 5.15. The Balaban J connectivity index is 3.71. The normalized spacial score (nSPS) is 11.2. The highest BCUT2D eigenvalue weighted by Crippen LogP contribution is 2.07. The second-order valence-corrected chi connectivity index (χ2v) is 2.11. The molecule has 0 aromatic rings. The van der Waals surface area contributed by atoms with E-state index in [0.717, 1.165) is 25.0 Å². The van der Waals surface area contributed by atoms with Gasteiger partial charge in [0.05, 0.1) is 12.0 Å². The smallest absolute Gasteiger partial charge is 0.0991 e. The molecule has 0 aliphatic heterocycles. The zero-order valence-corrected chi connectivity index (χ0v) is 6.89. The van der Waals surface area contributed by atoms with Crippen LogP contribution in [0, 0.1) is 0 Å². The Morgan fingerprint density at radius 3 is 2.60 bits per heavy atom. The molecule has 0 saturated carbocycles. The van der Waals surface area contributed by atoms with Crippen LogP contribution >= 0.6 is 0 Å². The SMILES string of the molecule is C=COC(=CCC)CCC. The van der Waals surface area contributed by atoms with Gasteiger partial charge in [0.25, 0.3) is 0 Å². The van der Waals surface area contributed by atoms with Gasteiger partial charge in [0.2, 0.25) is 0 Å². The average molecular weight is 140 g/mol. The predicted molar refractivity (Wildman–Crippen MR) is 44.6 cm³/mol. The van der Waals surface area contributed by atoms with Crippen molar-refractivity contribution in [1.82, 2.24) is 0 Å². The fourth-order valence-electron chi connectivity index (χ4n) is 0.790. The Hall–Kier alpha value is -0.720. The quantitative estimate of drug-likeness (QED) is 0.533. The van der Waals surface area contributed by atoms with Crippen LogP contribution in [0.25, 0.3) is 0 Å².